The number of ether oxygens (including phenoxy) is 1. The topological polar surface area (TPSA) is 24.5 Å². The monoisotopic (exact) mass is 286 g/mol. The van der Waals surface area contributed by atoms with Crippen molar-refractivity contribution in [2.75, 3.05) is 32.8 Å². The molecule has 3 heterocycles. The number of nitrogens with zero attached hydrogens (tertiary/aromatic N) is 1. The van der Waals surface area contributed by atoms with Crippen molar-refractivity contribution >= 4 is 0 Å². The maximum atomic E-state index is 6.12. The summed E-state index contributed by atoms with van der Waals surface area (Å²) in [5.41, 5.74) is 2.91. The van der Waals surface area contributed by atoms with E-state index in [1.165, 1.54) is 37.2 Å². The molecule has 2 fully saturated rings. The molecule has 21 heavy (non-hydrogen) atoms. The lowest BCUT2D eigenvalue weighted by atomic mass is 9.92. The smallest absolute Gasteiger partial charge is 0.0954 e. The van der Waals surface area contributed by atoms with E-state index in [4.69, 9.17) is 4.74 Å². The highest BCUT2D eigenvalue weighted by molar-refractivity contribution is 5.31. The zero-order valence-electron chi connectivity index (χ0n) is 12.9. The summed E-state index contributed by atoms with van der Waals surface area (Å²) in [6, 6.07) is 9.58. The molecule has 0 saturated carbocycles. The first-order valence-corrected chi connectivity index (χ1v) is 8.51. The number of likely N-dealkylation sites (tertiary alicyclic amines) is 1. The molecule has 4 atom stereocenters. The van der Waals surface area contributed by atoms with Crippen LogP contribution in [0.25, 0.3) is 0 Å². The summed E-state index contributed by atoms with van der Waals surface area (Å²) in [6.07, 6.45) is 2.60. The molecule has 4 unspecified atom stereocenters. The average molecular weight is 286 g/mol. The molecule has 114 valence electrons. The molecule has 4 rings (SSSR count). The van der Waals surface area contributed by atoms with Crippen LogP contribution in [-0.4, -0.2) is 43.7 Å². The van der Waals surface area contributed by atoms with Crippen LogP contribution in [0.3, 0.4) is 0 Å². The molecule has 0 aliphatic carbocycles. The number of hydrogen-bond donors (Lipinski definition) is 1. The third kappa shape index (κ3) is 2.41. The number of hydrogen-bond acceptors (Lipinski definition) is 3. The predicted octanol–water partition coefficient (Wildman–Crippen LogP) is 2.23. The van der Waals surface area contributed by atoms with Crippen molar-refractivity contribution in [3.8, 4) is 0 Å². The molecule has 0 aromatic heterocycles. The Balaban J connectivity index is 1.52. The van der Waals surface area contributed by atoms with Crippen molar-refractivity contribution in [3.05, 3.63) is 35.4 Å². The first kappa shape index (κ1) is 13.7. The fourth-order valence-electron chi connectivity index (χ4n) is 4.72. The third-order valence-electron chi connectivity index (χ3n) is 5.74. The Hall–Kier alpha value is -0.900. The highest BCUT2D eigenvalue weighted by atomic mass is 16.5. The maximum Gasteiger partial charge on any atom is 0.0954 e. The third-order valence-corrected chi connectivity index (χ3v) is 5.74. The van der Waals surface area contributed by atoms with Crippen LogP contribution >= 0.6 is 0 Å². The summed E-state index contributed by atoms with van der Waals surface area (Å²) in [4.78, 5) is 2.71. The van der Waals surface area contributed by atoms with E-state index in [0.29, 0.717) is 0 Å². The van der Waals surface area contributed by atoms with Gasteiger partial charge in [-0.05, 0) is 48.9 Å². The normalized spacial score (nSPS) is 35.7. The lowest BCUT2D eigenvalue weighted by Gasteiger charge is -2.33. The van der Waals surface area contributed by atoms with Crippen molar-refractivity contribution < 1.29 is 4.74 Å². The summed E-state index contributed by atoms with van der Waals surface area (Å²) >= 11 is 0. The number of fused-ring (bicyclic) bond motifs is 2. The van der Waals surface area contributed by atoms with E-state index in [1.54, 1.807) is 0 Å². The van der Waals surface area contributed by atoms with Crippen LogP contribution in [0.15, 0.2) is 24.3 Å². The van der Waals surface area contributed by atoms with E-state index < -0.39 is 0 Å². The second kappa shape index (κ2) is 5.71. The standard InChI is InChI=1S/C18H26N2O/c1-2-17-16-10-19-9-14(16)11-20(17)12-18-15-6-4-3-5-13(15)7-8-21-18/h3-6,14,16-19H,2,7-12H2,1H3. The Bertz CT molecular complexity index is 504. The van der Waals surface area contributed by atoms with E-state index in [-0.39, 0.29) is 6.10 Å². The Morgan fingerprint density at radius 3 is 3.10 bits per heavy atom. The molecule has 0 spiro atoms. The lowest BCUT2D eigenvalue weighted by molar-refractivity contribution is 0.0103. The molecule has 0 bridgehead atoms. The van der Waals surface area contributed by atoms with Crippen molar-refractivity contribution in [3.63, 3.8) is 0 Å². The first-order chi connectivity index (χ1) is 10.4. The second-order valence-corrected chi connectivity index (χ2v) is 6.82. The van der Waals surface area contributed by atoms with Gasteiger partial charge < -0.3 is 10.1 Å². The minimum Gasteiger partial charge on any atom is -0.372 e. The van der Waals surface area contributed by atoms with E-state index in [2.05, 4.69) is 41.4 Å². The van der Waals surface area contributed by atoms with Gasteiger partial charge >= 0.3 is 0 Å². The summed E-state index contributed by atoms with van der Waals surface area (Å²) in [7, 11) is 0. The molecule has 0 radical (unpaired) electrons. The lowest BCUT2D eigenvalue weighted by Crippen LogP contribution is -2.39. The fraction of sp³-hybridized carbons (Fsp3) is 0.667. The van der Waals surface area contributed by atoms with Crippen LogP contribution in [0.2, 0.25) is 0 Å². The highest BCUT2D eigenvalue weighted by Crippen LogP contribution is 2.37. The van der Waals surface area contributed by atoms with Gasteiger partial charge in [-0.2, -0.15) is 0 Å². The Morgan fingerprint density at radius 2 is 2.19 bits per heavy atom. The SMILES string of the molecule is CCC1C2CNCC2CN1CC1OCCc2ccccc21. The van der Waals surface area contributed by atoms with Crippen molar-refractivity contribution in [2.45, 2.75) is 31.9 Å². The van der Waals surface area contributed by atoms with Gasteiger partial charge in [-0.1, -0.05) is 31.2 Å². The van der Waals surface area contributed by atoms with Crippen LogP contribution in [0, 0.1) is 11.8 Å². The first-order valence-electron chi connectivity index (χ1n) is 8.51. The Kier molecular flexibility index (Phi) is 3.74. The largest absolute Gasteiger partial charge is 0.372 e. The number of rotatable bonds is 3. The van der Waals surface area contributed by atoms with Crippen LogP contribution in [0.4, 0.5) is 0 Å². The van der Waals surface area contributed by atoms with Gasteiger partial charge in [0.2, 0.25) is 0 Å². The van der Waals surface area contributed by atoms with E-state index in [0.717, 1.165) is 37.5 Å². The van der Waals surface area contributed by atoms with E-state index >= 15 is 0 Å². The molecule has 2 saturated heterocycles. The Morgan fingerprint density at radius 1 is 1.29 bits per heavy atom. The maximum absolute atomic E-state index is 6.12. The minimum absolute atomic E-state index is 0.274. The highest BCUT2D eigenvalue weighted by Gasteiger charge is 2.43. The van der Waals surface area contributed by atoms with Crippen LogP contribution < -0.4 is 5.32 Å². The van der Waals surface area contributed by atoms with Gasteiger partial charge in [0, 0.05) is 19.1 Å². The molecular formula is C18H26N2O. The summed E-state index contributed by atoms with van der Waals surface area (Å²) in [5.74, 6) is 1.71. The summed E-state index contributed by atoms with van der Waals surface area (Å²) in [5, 5.41) is 3.57. The van der Waals surface area contributed by atoms with Crippen LogP contribution in [0.5, 0.6) is 0 Å². The predicted molar refractivity (Wildman–Crippen MR) is 84.3 cm³/mol. The van der Waals surface area contributed by atoms with Gasteiger partial charge in [-0.25, -0.2) is 0 Å². The number of nitrogens with one attached hydrogen (secondary N) is 1. The van der Waals surface area contributed by atoms with Crippen molar-refractivity contribution in [1.29, 1.82) is 0 Å². The molecule has 3 nitrogen and oxygen atoms in total. The van der Waals surface area contributed by atoms with E-state index in [1.807, 2.05) is 0 Å². The van der Waals surface area contributed by atoms with E-state index in [9.17, 15) is 0 Å². The summed E-state index contributed by atoms with van der Waals surface area (Å²) in [6.45, 7) is 7.96. The van der Waals surface area contributed by atoms with Gasteiger partial charge in [-0.3, -0.25) is 4.90 Å². The molecule has 0 amide bonds. The molecular weight excluding hydrogens is 260 g/mol. The molecule has 3 heteroatoms. The van der Waals surface area contributed by atoms with Crippen LogP contribution in [-0.2, 0) is 11.2 Å². The Labute approximate surface area is 127 Å². The van der Waals surface area contributed by atoms with Gasteiger partial charge in [0.25, 0.3) is 0 Å². The van der Waals surface area contributed by atoms with Crippen LogP contribution in [0.1, 0.15) is 30.6 Å². The second-order valence-electron chi connectivity index (χ2n) is 6.82. The average Bonchev–Trinajstić information content (AvgIpc) is 3.08. The molecule has 3 aliphatic rings. The fourth-order valence-corrected chi connectivity index (χ4v) is 4.72. The summed E-state index contributed by atoms with van der Waals surface area (Å²) < 4.78 is 6.12. The molecule has 3 aliphatic heterocycles. The van der Waals surface area contributed by atoms with Gasteiger partial charge in [-0.15, -0.1) is 0 Å². The van der Waals surface area contributed by atoms with Crippen molar-refractivity contribution in [2.24, 2.45) is 11.8 Å². The minimum atomic E-state index is 0.274. The number of benzene rings is 1. The van der Waals surface area contributed by atoms with Gasteiger partial charge in [0.15, 0.2) is 0 Å². The quantitative estimate of drug-likeness (QED) is 0.922. The molecule has 1 aromatic carbocycles. The molecule has 1 aromatic rings. The van der Waals surface area contributed by atoms with Gasteiger partial charge in [0.1, 0.15) is 0 Å². The van der Waals surface area contributed by atoms with Crippen molar-refractivity contribution in [1.82, 2.24) is 10.2 Å². The molecule has 1 N–H and O–H groups in total. The zero-order chi connectivity index (χ0) is 14.2. The van der Waals surface area contributed by atoms with Gasteiger partial charge in [0.05, 0.1) is 12.7 Å². The zero-order valence-corrected chi connectivity index (χ0v) is 12.9.